The van der Waals surface area contributed by atoms with Gasteiger partial charge in [0.15, 0.2) is 14.9 Å². The summed E-state index contributed by atoms with van der Waals surface area (Å²) >= 11 is 5.60. The van der Waals surface area contributed by atoms with E-state index >= 15 is 0 Å². The van der Waals surface area contributed by atoms with Crippen LogP contribution in [0.1, 0.15) is 18.4 Å². The lowest BCUT2D eigenvalue weighted by Gasteiger charge is -2.31. The summed E-state index contributed by atoms with van der Waals surface area (Å²) in [5.41, 5.74) is 2.11. The lowest BCUT2D eigenvalue weighted by atomic mass is 10.2. The first-order valence-electron chi connectivity index (χ1n) is 8.40. The van der Waals surface area contributed by atoms with Crippen molar-refractivity contribution in [2.24, 2.45) is 0 Å². The maximum atomic E-state index is 11.9. The molecule has 0 bridgehead atoms. The van der Waals surface area contributed by atoms with Crippen molar-refractivity contribution in [3.63, 3.8) is 0 Å². The highest BCUT2D eigenvalue weighted by Crippen LogP contribution is 2.20. The van der Waals surface area contributed by atoms with E-state index in [0.29, 0.717) is 11.5 Å². The first-order chi connectivity index (χ1) is 11.3. The van der Waals surface area contributed by atoms with Crippen LogP contribution >= 0.6 is 12.2 Å². The number of thiocarbonyl (C=S) groups is 1. The van der Waals surface area contributed by atoms with E-state index in [1.165, 1.54) is 4.90 Å². The Morgan fingerprint density at radius 3 is 2.75 bits per heavy atom. The molecule has 0 aromatic heterocycles. The number of quaternary nitrogens is 1. The summed E-state index contributed by atoms with van der Waals surface area (Å²) < 4.78 is 23.7. The number of aryl methyl sites for hydroxylation is 1. The molecule has 1 fully saturated rings. The van der Waals surface area contributed by atoms with Gasteiger partial charge in [-0.05, 0) is 43.3 Å². The maximum absolute atomic E-state index is 11.9. The highest BCUT2D eigenvalue weighted by molar-refractivity contribution is 7.91. The number of hydrogen-bond donors (Lipinski definition) is 2. The standard InChI is InChI=1S/C17H27N3O2S2/c1-14-6-4-7-15(12-14)18-17(23)20(10-5-9-19(2)3)16-8-11-24(21,22)13-16/h4,6-7,12,16H,5,8-11,13H2,1-3H3,(H,18,23)/p+1/t16-/m0/s1. The Hall–Kier alpha value is -1.18. The van der Waals surface area contributed by atoms with E-state index in [9.17, 15) is 8.42 Å². The molecule has 0 unspecified atom stereocenters. The van der Waals surface area contributed by atoms with Crippen LogP contribution in [-0.4, -0.2) is 63.2 Å². The third-order valence-electron chi connectivity index (χ3n) is 4.26. The minimum absolute atomic E-state index is 0.0167. The minimum atomic E-state index is -2.93. The molecule has 5 nitrogen and oxygen atoms in total. The van der Waals surface area contributed by atoms with Crippen LogP contribution in [0.5, 0.6) is 0 Å². The van der Waals surface area contributed by atoms with Crippen LogP contribution in [0.25, 0.3) is 0 Å². The van der Waals surface area contributed by atoms with Crippen LogP contribution in [0.2, 0.25) is 0 Å². The molecule has 2 N–H and O–H groups in total. The van der Waals surface area contributed by atoms with Gasteiger partial charge in [0.1, 0.15) is 0 Å². The summed E-state index contributed by atoms with van der Waals surface area (Å²) in [6.07, 6.45) is 1.64. The summed E-state index contributed by atoms with van der Waals surface area (Å²) in [5.74, 6) is 0.470. The van der Waals surface area contributed by atoms with Crippen molar-refractivity contribution in [3.05, 3.63) is 29.8 Å². The Balaban J connectivity index is 2.07. The van der Waals surface area contributed by atoms with Gasteiger partial charge in [-0.25, -0.2) is 8.42 Å². The normalized spacial score (nSPS) is 19.4. The molecule has 134 valence electrons. The van der Waals surface area contributed by atoms with Gasteiger partial charge in [0.05, 0.1) is 32.1 Å². The minimum Gasteiger partial charge on any atom is -0.345 e. The van der Waals surface area contributed by atoms with E-state index in [0.717, 1.165) is 30.8 Å². The first-order valence-corrected chi connectivity index (χ1v) is 10.6. The number of nitrogens with one attached hydrogen (secondary N) is 2. The van der Waals surface area contributed by atoms with E-state index in [1.807, 2.05) is 31.2 Å². The number of rotatable bonds is 6. The Morgan fingerprint density at radius 2 is 2.17 bits per heavy atom. The molecule has 1 aromatic carbocycles. The van der Waals surface area contributed by atoms with Crippen LogP contribution in [0.4, 0.5) is 5.69 Å². The van der Waals surface area contributed by atoms with E-state index < -0.39 is 9.84 Å². The summed E-state index contributed by atoms with van der Waals surface area (Å²) in [6.45, 7) is 3.85. The molecular formula is C17H28N3O2S2+. The van der Waals surface area contributed by atoms with Crippen molar-refractivity contribution >= 4 is 32.9 Å². The fourth-order valence-corrected chi connectivity index (χ4v) is 5.08. The Bertz CT molecular complexity index is 674. The van der Waals surface area contributed by atoms with Crippen molar-refractivity contribution < 1.29 is 13.3 Å². The molecular weight excluding hydrogens is 342 g/mol. The SMILES string of the molecule is Cc1cccc(NC(=S)N(CCC[NH+](C)C)[C@H]2CCS(=O)(=O)C2)c1. The zero-order chi connectivity index (χ0) is 17.7. The van der Waals surface area contributed by atoms with E-state index in [2.05, 4.69) is 24.3 Å². The lowest BCUT2D eigenvalue weighted by molar-refractivity contribution is -0.858. The molecule has 7 heteroatoms. The topological polar surface area (TPSA) is 53.9 Å². The van der Waals surface area contributed by atoms with Gasteiger partial charge >= 0.3 is 0 Å². The van der Waals surface area contributed by atoms with Crippen LogP contribution in [0.15, 0.2) is 24.3 Å². The molecule has 1 saturated heterocycles. The van der Waals surface area contributed by atoms with Gasteiger partial charge in [-0.2, -0.15) is 0 Å². The highest BCUT2D eigenvalue weighted by Gasteiger charge is 2.33. The van der Waals surface area contributed by atoms with Crippen molar-refractivity contribution in [3.8, 4) is 0 Å². The predicted octanol–water partition coefficient (Wildman–Crippen LogP) is 0.716. The summed E-state index contributed by atoms with van der Waals surface area (Å²) in [5, 5.41) is 3.90. The van der Waals surface area contributed by atoms with Crippen LogP contribution in [0, 0.1) is 6.92 Å². The average molecular weight is 371 g/mol. The average Bonchev–Trinajstić information content (AvgIpc) is 2.83. The maximum Gasteiger partial charge on any atom is 0.173 e. The molecule has 0 amide bonds. The molecule has 1 aliphatic heterocycles. The van der Waals surface area contributed by atoms with E-state index in [4.69, 9.17) is 12.2 Å². The van der Waals surface area contributed by atoms with E-state index in [-0.39, 0.29) is 17.5 Å². The smallest absolute Gasteiger partial charge is 0.173 e. The second kappa shape index (κ2) is 8.27. The fraction of sp³-hybridized carbons (Fsp3) is 0.588. The van der Waals surface area contributed by atoms with Gasteiger partial charge in [-0.15, -0.1) is 0 Å². The van der Waals surface area contributed by atoms with Gasteiger partial charge in [0, 0.05) is 24.7 Å². The largest absolute Gasteiger partial charge is 0.345 e. The van der Waals surface area contributed by atoms with Gasteiger partial charge in [0.25, 0.3) is 0 Å². The van der Waals surface area contributed by atoms with Gasteiger partial charge < -0.3 is 15.1 Å². The predicted molar refractivity (Wildman–Crippen MR) is 103 cm³/mol. The van der Waals surface area contributed by atoms with Gasteiger partial charge in [0.2, 0.25) is 0 Å². The molecule has 0 saturated carbocycles. The zero-order valence-electron chi connectivity index (χ0n) is 14.7. The van der Waals surface area contributed by atoms with Crippen LogP contribution < -0.4 is 10.2 Å². The first kappa shape index (κ1) is 19.1. The molecule has 0 spiro atoms. The zero-order valence-corrected chi connectivity index (χ0v) is 16.3. The van der Waals surface area contributed by atoms with Crippen LogP contribution in [0.3, 0.4) is 0 Å². The molecule has 2 rings (SSSR count). The second-order valence-electron chi connectivity index (χ2n) is 6.86. The summed E-state index contributed by atoms with van der Waals surface area (Å²) in [6, 6.07) is 8.03. The molecule has 0 radical (unpaired) electrons. The fourth-order valence-electron chi connectivity index (χ4n) is 2.99. The molecule has 1 aromatic rings. The lowest BCUT2D eigenvalue weighted by Crippen LogP contribution is -3.05. The van der Waals surface area contributed by atoms with Crippen molar-refractivity contribution in [1.29, 1.82) is 0 Å². The summed E-state index contributed by atoms with van der Waals surface area (Å²) in [4.78, 5) is 3.46. The molecule has 1 aliphatic rings. The quantitative estimate of drug-likeness (QED) is 0.723. The van der Waals surface area contributed by atoms with Crippen molar-refractivity contribution in [2.75, 3.05) is 44.0 Å². The number of nitrogens with zero attached hydrogens (tertiary/aromatic N) is 1. The van der Waals surface area contributed by atoms with Crippen molar-refractivity contribution in [1.82, 2.24) is 4.90 Å². The monoisotopic (exact) mass is 370 g/mol. The molecule has 0 aliphatic carbocycles. The van der Waals surface area contributed by atoms with Gasteiger partial charge in [-0.3, -0.25) is 0 Å². The molecule has 1 atom stereocenters. The third-order valence-corrected chi connectivity index (χ3v) is 6.34. The number of anilines is 1. The molecule has 1 heterocycles. The number of sulfone groups is 1. The Labute approximate surface area is 150 Å². The number of hydrogen-bond acceptors (Lipinski definition) is 3. The second-order valence-corrected chi connectivity index (χ2v) is 9.48. The third kappa shape index (κ3) is 5.72. The van der Waals surface area contributed by atoms with Gasteiger partial charge in [-0.1, -0.05) is 12.1 Å². The Kier molecular flexibility index (Phi) is 6.60. The number of benzene rings is 1. The Morgan fingerprint density at radius 1 is 1.42 bits per heavy atom. The molecule has 24 heavy (non-hydrogen) atoms. The van der Waals surface area contributed by atoms with Crippen LogP contribution in [-0.2, 0) is 9.84 Å². The summed E-state index contributed by atoms with van der Waals surface area (Å²) in [7, 11) is 1.31. The van der Waals surface area contributed by atoms with Crippen molar-refractivity contribution in [2.45, 2.75) is 25.8 Å². The van der Waals surface area contributed by atoms with E-state index in [1.54, 1.807) is 0 Å². The highest BCUT2D eigenvalue weighted by atomic mass is 32.2.